The Morgan fingerprint density at radius 2 is 2.00 bits per heavy atom. The van der Waals surface area contributed by atoms with Crippen LogP contribution in [-0.2, 0) is 0 Å². The molecule has 0 radical (unpaired) electrons. The molecule has 0 aliphatic carbocycles. The molecule has 1 fully saturated rings. The smallest absolute Gasteiger partial charge is 0.0720 e. The van der Waals surface area contributed by atoms with Gasteiger partial charge in [-0.25, -0.2) is 0 Å². The third-order valence-electron chi connectivity index (χ3n) is 3.42. The maximum atomic E-state index is 10.3. The molecule has 1 heterocycles. The molecule has 2 heteroatoms. The Morgan fingerprint density at radius 1 is 1.42 bits per heavy atom. The van der Waals surface area contributed by atoms with E-state index in [0.29, 0.717) is 0 Å². The standard InChI is InChI=1S/C10H21NO/c1-5-10(12)6-7-11(4)8-9(10,2)3/h12H,5-8H2,1-4H3. The molecule has 0 amide bonds. The monoisotopic (exact) mass is 171 g/mol. The molecule has 1 saturated heterocycles. The Balaban J connectivity index is 2.77. The zero-order valence-corrected chi connectivity index (χ0v) is 8.72. The van der Waals surface area contributed by atoms with E-state index in [2.05, 4.69) is 32.7 Å². The maximum absolute atomic E-state index is 10.3. The van der Waals surface area contributed by atoms with Crippen LogP contribution in [0.2, 0.25) is 0 Å². The second kappa shape index (κ2) is 3.00. The molecule has 0 aromatic rings. The predicted octanol–water partition coefficient (Wildman–Crippen LogP) is 1.49. The molecular weight excluding hydrogens is 150 g/mol. The van der Waals surface area contributed by atoms with Gasteiger partial charge in [-0.15, -0.1) is 0 Å². The molecule has 1 aliphatic heterocycles. The Hall–Kier alpha value is -0.0800. The first-order valence-corrected chi connectivity index (χ1v) is 4.82. The average Bonchev–Trinajstić information content (AvgIpc) is 1.97. The van der Waals surface area contributed by atoms with Crippen molar-refractivity contribution in [2.45, 2.75) is 39.2 Å². The van der Waals surface area contributed by atoms with E-state index in [1.165, 1.54) is 0 Å². The SMILES string of the molecule is CCC1(O)CCN(C)CC1(C)C. The highest BCUT2D eigenvalue weighted by atomic mass is 16.3. The second-order valence-electron chi connectivity index (χ2n) is 4.76. The summed E-state index contributed by atoms with van der Waals surface area (Å²) >= 11 is 0. The fraction of sp³-hybridized carbons (Fsp3) is 1.00. The topological polar surface area (TPSA) is 23.5 Å². The number of hydrogen-bond acceptors (Lipinski definition) is 2. The van der Waals surface area contributed by atoms with Crippen molar-refractivity contribution >= 4 is 0 Å². The summed E-state index contributed by atoms with van der Waals surface area (Å²) in [5.74, 6) is 0. The zero-order chi connectivity index (χ0) is 9.41. The van der Waals surface area contributed by atoms with E-state index < -0.39 is 5.60 Å². The number of piperidine rings is 1. The lowest BCUT2D eigenvalue weighted by Gasteiger charge is -2.49. The van der Waals surface area contributed by atoms with Crippen LogP contribution in [0, 0.1) is 5.41 Å². The van der Waals surface area contributed by atoms with E-state index in [9.17, 15) is 5.11 Å². The number of nitrogens with zero attached hydrogens (tertiary/aromatic N) is 1. The first-order valence-electron chi connectivity index (χ1n) is 4.82. The van der Waals surface area contributed by atoms with Gasteiger partial charge in [0.2, 0.25) is 0 Å². The fourth-order valence-electron chi connectivity index (χ4n) is 2.27. The fourth-order valence-corrected chi connectivity index (χ4v) is 2.27. The van der Waals surface area contributed by atoms with Crippen LogP contribution in [0.15, 0.2) is 0 Å². The molecule has 0 bridgehead atoms. The third kappa shape index (κ3) is 1.50. The molecule has 0 aromatic carbocycles. The van der Waals surface area contributed by atoms with Crippen LogP contribution in [0.3, 0.4) is 0 Å². The van der Waals surface area contributed by atoms with Gasteiger partial charge < -0.3 is 10.0 Å². The first kappa shape index (κ1) is 10.0. The van der Waals surface area contributed by atoms with E-state index in [1.54, 1.807) is 0 Å². The lowest BCUT2D eigenvalue weighted by atomic mass is 9.69. The Labute approximate surface area is 75.6 Å². The van der Waals surface area contributed by atoms with Crippen LogP contribution >= 0.6 is 0 Å². The normalized spacial score (nSPS) is 36.8. The molecule has 12 heavy (non-hydrogen) atoms. The molecular formula is C10H21NO. The molecule has 2 nitrogen and oxygen atoms in total. The van der Waals surface area contributed by atoms with Crippen molar-refractivity contribution in [2.24, 2.45) is 5.41 Å². The van der Waals surface area contributed by atoms with Crippen molar-refractivity contribution in [3.05, 3.63) is 0 Å². The molecule has 0 spiro atoms. The lowest BCUT2D eigenvalue weighted by Crippen LogP contribution is -2.55. The average molecular weight is 171 g/mol. The zero-order valence-electron chi connectivity index (χ0n) is 8.72. The summed E-state index contributed by atoms with van der Waals surface area (Å²) in [5.41, 5.74) is -0.408. The van der Waals surface area contributed by atoms with Crippen LogP contribution in [0.25, 0.3) is 0 Å². The molecule has 0 aromatic heterocycles. The van der Waals surface area contributed by atoms with Gasteiger partial charge >= 0.3 is 0 Å². The summed E-state index contributed by atoms with van der Waals surface area (Å²) < 4.78 is 0. The van der Waals surface area contributed by atoms with Gasteiger partial charge in [0.05, 0.1) is 5.60 Å². The first-order chi connectivity index (χ1) is 5.41. The maximum Gasteiger partial charge on any atom is 0.0720 e. The van der Waals surface area contributed by atoms with Crippen molar-refractivity contribution in [3.63, 3.8) is 0 Å². The van der Waals surface area contributed by atoms with E-state index in [1.807, 2.05) is 0 Å². The Morgan fingerprint density at radius 3 is 2.42 bits per heavy atom. The largest absolute Gasteiger partial charge is 0.389 e. The molecule has 1 rings (SSSR count). The highest BCUT2D eigenvalue weighted by Gasteiger charge is 2.45. The number of aliphatic hydroxyl groups is 1. The number of hydrogen-bond donors (Lipinski definition) is 1. The quantitative estimate of drug-likeness (QED) is 0.646. The summed E-state index contributed by atoms with van der Waals surface area (Å²) in [6.07, 6.45) is 1.78. The lowest BCUT2D eigenvalue weighted by molar-refractivity contribution is -0.116. The summed E-state index contributed by atoms with van der Waals surface area (Å²) in [4.78, 5) is 2.30. The molecule has 1 atom stereocenters. The van der Waals surface area contributed by atoms with Crippen LogP contribution < -0.4 is 0 Å². The van der Waals surface area contributed by atoms with Crippen LogP contribution in [0.5, 0.6) is 0 Å². The minimum absolute atomic E-state index is 0.0365. The molecule has 1 aliphatic rings. The summed E-state index contributed by atoms with van der Waals surface area (Å²) in [7, 11) is 2.12. The van der Waals surface area contributed by atoms with E-state index in [0.717, 1.165) is 25.9 Å². The van der Waals surface area contributed by atoms with Gasteiger partial charge in [-0.3, -0.25) is 0 Å². The van der Waals surface area contributed by atoms with Gasteiger partial charge in [0.15, 0.2) is 0 Å². The van der Waals surface area contributed by atoms with Crippen molar-refractivity contribution in [2.75, 3.05) is 20.1 Å². The molecule has 0 saturated carbocycles. The van der Waals surface area contributed by atoms with Gasteiger partial charge in [0.25, 0.3) is 0 Å². The van der Waals surface area contributed by atoms with Crippen molar-refractivity contribution in [1.82, 2.24) is 4.90 Å². The molecule has 1 N–H and O–H groups in total. The summed E-state index contributed by atoms with van der Waals surface area (Å²) in [5, 5.41) is 10.3. The van der Waals surface area contributed by atoms with E-state index in [-0.39, 0.29) is 5.41 Å². The third-order valence-corrected chi connectivity index (χ3v) is 3.42. The number of rotatable bonds is 1. The second-order valence-corrected chi connectivity index (χ2v) is 4.76. The van der Waals surface area contributed by atoms with Gasteiger partial charge in [0.1, 0.15) is 0 Å². The van der Waals surface area contributed by atoms with Gasteiger partial charge in [-0.2, -0.15) is 0 Å². The number of likely N-dealkylation sites (tertiary alicyclic amines) is 1. The van der Waals surface area contributed by atoms with Gasteiger partial charge in [-0.05, 0) is 19.9 Å². The summed E-state index contributed by atoms with van der Waals surface area (Å²) in [6, 6.07) is 0. The minimum Gasteiger partial charge on any atom is -0.389 e. The summed E-state index contributed by atoms with van der Waals surface area (Å²) in [6.45, 7) is 8.41. The van der Waals surface area contributed by atoms with E-state index in [4.69, 9.17) is 0 Å². The highest BCUT2D eigenvalue weighted by Crippen LogP contribution is 2.40. The minimum atomic E-state index is -0.445. The van der Waals surface area contributed by atoms with E-state index >= 15 is 0 Å². The van der Waals surface area contributed by atoms with Crippen molar-refractivity contribution < 1.29 is 5.11 Å². The van der Waals surface area contributed by atoms with Crippen molar-refractivity contribution in [3.8, 4) is 0 Å². The van der Waals surface area contributed by atoms with Crippen LogP contribution in [-0.4, -0.2) is 35.7 Å². The highest BCUT2D eigenvalue weighted by molar-refractivity contribution is 4.97. The van der Waals surface area contributed by atoms with Gasteiger partial charge in [0, 0.05) is 18.5 Å². The van der Waals surface area contributed by atoms with Gasteiger partial charge in [-0.1, -0.05) is 20.8 Å². The Bertz CT molecular complexity index is 167. The molecule has 72 valence electrons. The predicted molar refractivity (Wildman–Crippen MR) is 51.1 cm³/mol. The Kier molecular flexibility index (Phi) is 2.50. The van der Waals surface area contributed by atoms with Crippen LogP contribution in [0.1, 0.15) is 33.6 Å². The van der Waals surface area contributed by atoms with Crippen molar-refractivity contribution in [1.29, 1.82) is 0 Å². The van der Waals surface area contributed by atoms with Crippen LogP contribution in [0.4, 0.5) is 0 Å². The molecule has 1 unspecified atom stereocenters.